The van der Waals surface area contributed by atoms with Crippen LogP contribution in [0.4, 0.5) is 24.7 Å². The topological polar surface area (TPSA) is 91.3 Å². The van der Waals surface area contributed by atoms with Gasteiger partial charge in [0.15, 0.2) is 0 Å². The highest BCUT2D eigenvalue weighted by Crippen LogP contribution is 2.40. The van der Waals surface area contributed by atoms with Gasteiger partial charge in [0.25, 0.3) is 5.69 Å². The van der Waals surface area contributed by atoms with E-state index in [0.717, 1.165) is 19.4 Å². The number of benzene rings is 1. The number of ketones is 1. The molecule has 0 aliphatic carbocycles. The number of nitrogens with two attached hydrogens (primary N) is 1. The molecule has 3 rings (SSSR count). The highest BCUT2D eigenvalue weighted by molar-refractivity contribution is 5.84. The van der Waals surface area contributed by atoms with Gasteiger partial charge in [0.1, 0.15) is 23.1 Å². The van der Waals surface area contributed by atoms with Gasteiger partial charge in [-0.25, -0.2) is 4.85 Å². The number of anilines is 1. The molecule has 0 unspecified atom stereocenters. The van der Waals surface area contributed by atoms with E-state index in [9.17, 15) is 18.0 Å². The first kappa shape index (κ1) is 25.0. The molecule has 0 amide bonds. The lowest BCUT2D eigenvalue weighted by Crippen LogP contribution is -2.34. The minimum Gasteiger partial charge on any atom is -0.393 e. The summed E-state index contributed by atoms with van der Waals surface area (Å²) in [5.41, 5.74) is 6.48. The van der Waals surface area contributed by atoms with Crippen LogP contribution < -0.4 is 5.73 Å². The summed E-state index contributed by atoms with van der Waals surface area (Å²) in [6, 6.07) is 8.48. The van der Waals surface area contributed by atoms with Gasteiger partial charge in [-0.2, -0.15) is 18.3 Å². The number of carbonyl (C=O) groups excluding carboxylic acids is 1. The average molecular weight is 473 g/mol. The summed E-state index contributed by atoms with van der Waals surface area (Å²) in [7, 11) is 0. The zero-order valence-electron chi connectivity index (χ0n) is 19.4. The normalized spacial score (nSPS) is 12.2. The third kappa shape index (κ3) is 5.30. The third-order valence-corrected chi connectivity index (χ3v) is 5.52. The fourth-order valence-electron chi connectivity index (χ4n) is 3.48. The lowest BCUT2D eigenvalue weighted by atomic mass is 9.87. The van der Waals surface area contributed by atoms with E-state index in [1.54, 1.807) is 28.9 Å². The van der Waals surface area contributed by atoms with Gasteiger partial charge in [-0.05, 0) is 25.0 Å². The summed E-state index contributed by atoms with van der Waals surface area (Å²) in [4.78, 5) is 16.0. The highest BCUT2D eigenvalue weighted by Gasteiger charge is 2.47. The van der Waals surface area contributed by atoms with Gasteiger partial charge in [0.05, 0.1) is 24.1 Å². The van der Waals surface area contributed by atoms with Crippen LogP contribution in [0.3, 0.4) is 0 Å². The smallest absolute Gasteiger partial charge is 0.393 e. The van der Waals surface area contributed by atoms with E-state index in [0.29, 0.717) is 17.1 Å². The Kier molecular flexibility index (Phi) is 6.87. The molecule has 0 aliphatic rings. The number of rotatable bonds is 8. The number of hydrogen-bond donors (Lipinski definition) is 1. The van der Waals surface area contributed by atoms with Crippen molar-refractivity contribution in [1.82, 2.24) is 14.9 Å². The van der Waals surface area contributed by atoms with E-state index < -0.39 is 11.6 Å². The van der Waals surface area contributed by atoms with Crippen LogP contribution in [0.1, 0.15) is 50.8 Å². The maximum Gasteiger partial charge on any atom is 0.394 e. The molecular formula is C24H26F3N5O2. The monoisotopic (exact) mass is 473 g/mol. The molecule has 7 nitrogen and oxygen atoms in total. The van der Waals surface area contributed by atoms with Gasteiger partial charge in [-0.15, -0.1) is 0 Å². The van der Waals surface area contributed by atoms with E-state index in [4.69, 9.17) is 16.8 Å². The van der Waals surface area contributed by atoms with Crippen molar-refractivity contribution < 1.29 is 22.5 Å². The first-order valence-electron chi connectivity index (χ1n) is 10.7. The summed E-state index contributed by atoms with van der Waals surface area (Å²) < 4.78 is 45.9. The second-order valence-electron chi connectivity index (χ2n) is 9.16. The van der Waals surface area contributed by atoms with Crippen LogP contribution >= 0.6 is 0 Å². The van der Waals surface area contributed by atoms with Crippen molar-refractivity contribution in [3.8, 4) is 11.3 Å². The van der Waals surface area contributed by atoms with Crippen LogP contribution in [0.25, 0.3) is 16.1 Å². The number of aromatic nitrogens is 3. The van der Waals surface area contributed by atoms with Crippen LogP contribution in [0.2, 0.25) is 0 Å². The lowest BCUT2D eigenvalue weighted by Gasteiger charge is -2.26. The number of nitrogens with zero attached hydrogens (tertiary/aromatic N) is 4. The molecule has 2 aromatic heterocycles. The Morgan fingerprint density at radius 2 is 1.85 bits per heavy atom. The fourth-order valence-corrected chi connectivity index (χ4v) is 3.48. The highest BCUT2D eigenvalue weighted by atomic mass is 19.4. The summed E-state index contributed by atoms with van der Waals surface area (Å²) in [6.45, 7) is 13.5. The Bertz CT molecular complexity index is 1210. The number of alkyl halides is 3. The average Bonchev–Trinajstić information content (AvgIpc) is 3.30. The molecule has 0 bridgehead atoms. The number of nitrogen functional groups attached to an aromatic ring is 1. The molecule has 1 aromatic carbocycles. The zero-order chi connectivity index (χ0) is 25.3. The van der Waals surface area contributed by atoms with Crippen molar-refractivity contribution >= 4 is 17.3 Å². The quantitative estimate of drug-likeness (QED) is 0.422. The Labute approximate surface area is 195 Å². The maximum absolute atomic E-state index is 13.1. The zero-order valence-corrected chi connectivity index (χ0v) is 19.4. The van der Waals surface area contributed by atoms with E-state index in [2.05, 4.69) is 15.1 Å². The Hall–Kier alpha value is -3.61. The molecule has 10 heteroatoms. The van der Waals surface area contributed by atoms with Crippen LogP contribution in [0, 0.1) is 12.0 Å². The molecule has 3 aromatic rings. The van der Waals surface area contributed by atoms with E-state index in [-0.39, 0.29) is 48.2 Å². The Balaban J connectivity index is 1.66. The van der Waals surface area contributed by atoms with Crippen molar-refractivity contribution in [2.75, 3.05) is 5.73 Å². The van der Waals surface area contributed by atoms with Gasteiger partial charge in [-0.1, -0.05) is 43.3 Å². The lowest BCUT2D eigenvalue weighted by molar-refractivity contribution is -0.211. The van der Waals surface area contributed by atoms with Crippen LogP contribution in [0.15, 0.2) is 34.9 Å². The van der Waals surface area contributed by atoms with Crippen molar-refractivity contribution in [3.05, 3.63) is 58.8 Å². The molecule has 0 spiro atoms. The number of carbonyl (C=O) groups is 1. The standard InChI is InChI=1S/C24H26F3N5O2/c1-14(2)32-22(28)21(29-5)20(30-32)16-8-6-15(7-9-16)10-18(33)12-19-11-17(31-34-19)13-23(3,4)24(25,26)27/h6-9,11,14H,10,12-13,28H2,1-4H3. The minimum atomic E-state index is -4.37. The van der Waals surface area contributed by atoms with E-state index in [1.165, 1.54) is 6.07 Å². The van der Waals surface area contributed by atoms with Crippen molar-refractivity contribution in [1.29, 1.82) is 0 Å². The first-order valence-corrected chi connectivity index (χ1v) is 10.7. The van der Waals surface area contributed by atoms with Crippen molar-refractivity contribution in [3.63, 3.8) is 0 Å². The molecule has 0 radical (unpaired) electrons. The first-order chi connectivity index (χ1) is 15.8. The summed E-state index contributed by atoms with van der Waals surface area (Å²) in [5, 5.41) is 8.15. The van der Waals surface area contributed by atoms with Gasteiger partial charge in [0.2, 0.25) is 0 Å². The van der Waals surface area contributed by atoms with Crippen LogP contribution in [-0.4, -0.2) is 26.9 Å². The minimum absolute atomic E-state index is 0.00212. The summed E-state index contributed by atoms with van der Waals surface area (Å²) in [6.07, 6.45) is -4.66. The summed E-state index contributed by atoms with van der Waals surface area (Å²) >= 11 is 0. The number of hydrogen-bond acceptors (Lipinski definition) is 5. The summed E-state index contributed by atoms with van der Waals surface area (Å²) in [5.74, 6) is 0.371. The molecule has 0 fully saturated rings. The van der Waals surface area contributed by atoms with Gasteiger partial charge < -0.3 is 10.3 Å². The molecular weight excluding hydrogens is 447 g/mol. The SMILES string of the molecule is [C-]#[N+]c1c(-c2ccc(CC(=O)Cc3cc(CC(C)(C)C(F)(F)F)no3)cc2)nn(C(C)C)c1N. The van der Waals surface area contributed by atoms with Gasteiger partial charge in [-0.3, -0.25) is 9.48 Å². The molecule has 0 saturated carbocycles. The maximum atomic E-state index is 13.1. The molecule has 0 atom stereocenters. The molecule has 34 heavy (non-hydrogen) atoms. The van der Waals surface area contributed by atoms with E-state index >= 15 is 0 Å². The molecule has 2 heterocycles. The second-order valence-corrected chi connectivity index (χ2v) is 9.16. The van der Waals surface area contributed by atoms with Gasteiger partial charge >= 0.3 is 6.18 Å². The Morgan fingerprint density at radius 1 is 1.21 bits per heavy atom. The van der Waals surface area contributed by atoms with Crippen LogP contribution in [0.5, 0.6) is 0 Å². The largest absolute Gasteiger partial charge is 0.394 e. The molecule has 2 N–H and O–H groups in total. The number of halogens is 3. The molecule has 0 saturated heterocycles. The predicted molar refractivity (Wildman–Crippen MR) is 121 cm³/mol. The predicted octanol–water partition coefficient (Wildman–Crippen LogP) is 5.74. The number of Topliss-reactive ketones (excluding diaryl/α,β-unsaturated/α-hetero) is 1. The Morgan fingerprint density at radius 3 is 2.41 bits per heavy atom. The third-order valence-electron chi connectivity index (χ3n) is 5.52. The fraction of sp³-hybridized carbons (Fsp3) is 0.417. The van der Waals surface area contributed by atoms with Gasteiger partial charge in [0, 0.05) is 24.9 Å². The van der Waals surface area contributed by atoms with Crippen LogP contribution in [-0.2, 0) is 24.1 Å². The van der Waals surface area contributed by atoms with Crippen molar-refractivity contribution in [2.45, 2.75) is 59.2 Å². The van der Waals surface area contributed by atoms with Crippen molar-refractivity contribution in [2.24, 2.45) is 5.41 Å². The van der Waals surface area contributed by atoms with E-state index in [1.807, 2.05) is 13.8 Å². The second kappa shape index (κ2) is 9.33. The molecule has 180 valence electrons. The molecule has 0 aliphatic heterocycles.